The summed E-state index contributed by atoms with van der Waals surface area (Å²) in [5, 5.41) is 17.7. The van der Waals surface area contributed by atoms with E-state index in [1.165, 1.54) is 26.4 Å². The summed E-state index contributed by atoms with van der Waals surface area (Å²) in [4.78, 5) is 14.6. The summed E-state index contributed by atoms with van der Waals surface area (Å²) in [6.07, 6.45) is 0. The van der Waals surface area contributed by atoms with Gasteiger partial charge in [0.1, 0.15) is 5.69 Å². The van der Waals surface area contributed by atoms with Crippen LogP contribution < -0.4 is 14.8 Å². The van der Waals surface area contributed by atoms with Crippen molar-refractivity contribution < 1.29 is 18.9 Å². The fourth-order valence-corrected chi connectivity index (χ4v) is 1.75. The van der Waals surface area contributed by atoms with Gasteiger partial charge in [0.15, 0.2) is 17.3 Å². The first-order valence-corrected chi connectivity index (χ1v) is 5.98. The molecular formula is C12H14N4O5. The first kappa shape index (κ1) is 14.6. The molecule has 0 radical (unpaired) electrons. The molecule has 0 aliphatic rings. The Hall–Kier alpha value is -2.84. The molecule has 9 nitrogen and oxygen atoms in total. The Morgan fingerprint density at radius 3 is 2.52 bits per heavy atom. The van der Waals surface area contributed by atoms with E-state index in [1.807, 2.05) is 0 Å². The van der Waals surface area contributed by atoms with Gasteiger partial charge in [0.25, 0.3) is 5.69 Å². The van der Waals surface area contributed by atoms with Crippen LogP contribution in [0.3, 0.4) is 0 Å². The Balaban J connectivity index is 2.29. The molecule has 2 rings (SSSR count). The molecule has 0 amide bonds. The number of benzene rings is 1. The normalized spacial score (nSPS) is 10.2. The number of nitrogens with one attached hydrogen (secondary N) is 1. The Labute approximate surface area is 120 Å². The zero-order chi connectivity index (χ0) is 15.4. The highest BCUT2D eigenvalue weighted by Crippen LogP contribution is 2.37. The molecule has 0 spiro atoms. The summed E-state index contributed by atoms with van der Waals surface area (Å²) in [7, 11) is 2.87. The van der Waals surface area contributed by atoms with Crippen molar-refractivity contribution in [2.45, 2.75) is 13.5 Å². The molecule has 0 atom stereocenters. The fourth-order valence-electron chi connectivity index (χ4n) is 1.75. The molecule has 0 saturated heterocycles. The van der Waals surface area contributed by atoms with Crippen molar-refractivity contribution in [1.82, 2.24) is 10.1 Å². The van der Waals surface area contributed by atoms with Gasteiger partial charge in [0.2, 0.25) is 5.89 Å². The van der Waals surface area contributed by atoms with Gasteiger partial charge in [-0.05, 0) is 0 Å². The number of nitro benzene ring substituents is 1. The summed E-state index contributed by atoms with van der Waals surface area (Å²) in [5.41, 5.74) is 0.146. The minimum Gasteiger partial charge on any atom is -0.493 e. The number of aromatic nitrogens is 2. The highest BCUT2D eigenvalue weighted by molar-refractivity contribution is 5.68. The van der Waals surface area contributed by atoms with E-state index in [9.17, 15) is 10.1 Å². The minimum atomic E-state index is -0.508. The standard InChI is InChI=1S/C12H14N4O5/c1-7-14-12(15-21-7)6-13-8-4-10(19-2)11(20-3)5-9(8)16(17)18/h4-5,13H,6H2,1-3H3. The van der Waals surface area contributed by atoms with E-state index in [0.717, 1.165) is 0 Å². The number of nitrogens with zero attached hydrogens (tertiary/aromatic N) is 3. The van der Waals surface area contributed by atoms with Crippen LogP contribution in [-0.4, -0.2) is 29.3 Å². The van der Waals surface area contributed by atoms with Gasteiger partial charge in [-0.25, -0.2) is 0 Å². The van der Waals surface area contributed by atoms with Crippen LogP contribution >= 0.6 is 0 Å². The summed E-state index contributed by atoms with van der Waals surface area (Å²) >= 11 is 0. The Kier molecular flexibility index (Phi) is 4.21. The van der Waals surface area contributed by atoms with Crippen molar-refractivity contribution in [2.75, 3.05) is 19.5 Å². The maximum absolute atomic E-state index is 11.1. The number of anilines is 1. The number of nitro groups is 1. The predicted molar refractivity (Wildman–Crippen MR) is 72.6 cm³/mol. The average molecular weight is 294 g/mol. The fraction of sp³-hybridized carbons (Fsp3) is 0.333. The smallest absolute Gasteiger partial charge is 0.296 e. The second kappa shape index (κ2) is 6.07. The van der Waals surface area contributed by atoms with Crippen LogP contribution in [0.5, 0.6) is 11.5 Å². The van der Waals surface area contributed by atoms with Crippen molar-refractivity contribution in [2.24, 2.45) is 0 Å². The highest BCUT2D eigenvalue weighted by atomic mass is 16.6. The van der Waals surface area contributed by atoms with Gasteiger partial charge in [0, 0.05) is 13.0 Å². The molecule has 1 N–H and O–H groups in total. The van der Waals surface area contributed by atoms with E-state index in [-0.39, 0.29) is 23.7 Å². The second-order valence-electron chi connectivity index (χ2n) is 4.06. The first-order chi connectivity index (χ1) is 10.0. The highest BCUT2D eigenvalue weighted by Gasteiger charge is 2.19. The molecule has 21 heavy (non-hydrogen) atoms. The van der Waals surface area contributed by atoms with Crippen LogP contribution in [0, 0.1) is 17.0 Å². The zero-order valence-electron chi connectivity index (χ0n) is 11.7. The molecule has 1 aromatic carbocycles. The number of aryl methyl sites for hydroxylation is 1. The van der Waals surface area contributed by atoms with Crippen molar-refractivity contribution in [1.29, 1.82) is 0 Å². The summed E-state index contributed by atoms with van der Waals surface area (Å²) in [5.74, 6) is 1.49. The lowest BCUT2D eigenvalue weighted by atomic mass is 10.2. The molecule has 2 aromatic rings. The molecule has 1 heterocycles. The molecule has 112 valence electrons. The zero-order valence-corrected chi connectivity index (χ0v) is 11.7. The predicted octanol–water partition coefficient (Wildman–Crippen LogP) is 1.92. The summed E-state index contributed by atoms with van der Waals surface area (Å²) in [6, 6.07) is 2.78. The third kappa shape index (κ3) is 3.19. The van der Waals surface area contributed by atoms with Gasteiger partial charge >= 0.3 is 0 Å². The van der Waals surface area contributed by atoms with E-state index in [4.69, 9.17) is 14.0 Å². The number of hydrogen-bond acceptors (Lipinski definition) is 8. The first-order valence-electron chi connectivity index (χ1n) is 5.98. The molecule has 1 aromatic heterocycles. The largest absolute Gasteiger partial charge is 0.493 e. The third-order valence-corrected chi connectivity index (χ3v) is 2.71. The topological polar surface area (TPSA) is 113 Å². The number of hydrogen-bond donors (Lipinski definition) is 1. The Morgan fingerprint density at radius 1 is 1.33 bits per heavy atom. The van der Waals surface area contributed by atoms with Crippen LogP contribution in [0.25, 0.3) is 0 Å². The lowest BCUT2D eigenvalue weighted by Crippen LogP contribution is -2.05. The maximum atomic E-state index is 11.1. The van der Waals surface area contributed by atoms with Crippen LogP contribution in [0.15, 0.2) is 16.7 Å². The molecule has 0 aliphatic heterocycles. The van der Waals surface area contributed by atoms with Gasteiger partial charge < -0.3 is 19.3 Å². The maximum Gasteiger partial charge on any atom is 0.296 e. The SMILES string of the molecule is COc1cc(NCc2noc(C)n2)c([N+](=O)[O-])cc1OC. The van der Waals surface area contributed by atoms with Crippen LogP contribution in [0.1, 0.15) is 11.7 Å². The van der Waals surface area contributed by atoms with Crippen LogP contribution in [0.4, 0.5) is 11.4 Å². The molecular weight excluding hydrogens is 280 g/mol. The minimum absolute atomic E-state index is 0.132. The van der Waals surface area contributed by atoms with Gasteiger partial charge in [-0.1, -0.05) is 5.16 Å². The molecule has 9 heteroatoms. The molecule has 0 saturated carbocycles. The van der Waals surface area contributed by atoms with E-state index in [2.05, 4.69) is 15.5 Å². The second-order valence-corrected chi connectivity index (χ2v) is 4.06. The molecule has 0 unspecified atom stereocenters. The quantitative estimate of drug-likeness (QED) is 0.635. The van der Waals surface area contributed by atoms with E-state index in [1.54, 1.807) is 6.92 Å². The van der Waals surface area contributed by atoms with Gasteiger partial charge in [-0.2, -0.15) is 4.98 Å². The van der Waals surface area contributed by atoms with Gasteiger partial charge in [-0.3, -0.25) is 10.1 Å². The molecule has 0 aliphatic carbocycles. The van der Waals surface area contributed by atoms with Crippen molar-refractivity contribution in [3.05, 3.63) is 34.0 Å². The van der Waals surface area contributed by atoms with E-state index < -0.39 is 4.92 Å². The van der Waals surface area contributed by atoms with Crippen molar-refractivity contribution in [3.8, 4) is 11.5 Å². The monoisotopic (exact) mass is 294 g/mol. The van der Waals surface area contributed by atoms with Crippen molar-refractivity contribution in [3.63, 3.8) is 0 Å². The summed E-state index contributed by atoms with van der Waals surface area (Å²) < 4.78 is 15.0. The van der Waals surface area contributed by atoms with Crippen LogP contribution in [-0.2, 0) is 6.54 Å². The van der Waals surface area contributed by atoms with E-state index in [0.29, 0.717) is 17.5 Å². The van der Waals surface area contributed by atoms with E-state index >= 15 is 0 Å². The van der Waals surface area contributed by atoms with Gasteiger partial charge in [0.05, 0.1) is 31.8 Å². The lowest BCUT2D eigenvalue weighted by molar-refractivity contribution is -0.384. The van der Waals surface area contributed by atoms with Crippen molar-refractivity contribution >= 4 is 11.4 Å². The van der Waals surface area contributed by atoms with Crippen LogP contribution in [0.2, 0.25) is 0 Å². The summed E-state index contributed by atoms with van der Waals surface area (Å²) in [6.45, 7) is 1.85. The number of rotatable bonds is 6. The lowest BCUT2D eigenvalue weighted by Gasteiger charge is -2.11. The number of ether oxygens (including phenoxy) is 2. The van der Waals surface area contributed by atoms with Gasteiger partial charge in [-0.15, -0.1) is 0 Å². The average Bonchev–Trinajstić information content (AvgIpc) is 2.89. The third-order valence-electron chi connectivity index (χ3n) is 2.71. The Morgan fingerprint density at radius 2 is 2.00 bits per heavy atom. The molecule has 0 fully saturated rings. The molecule has 0 bridgehead atoms. The Bertz CT molecular complexity index is 655. The number of methoxy groups -OCH3 is 2.